The molecule has 2 amide bonds. The zero-order valence-electron chi connectivity index (χ0n) is 19.1. The number of hydrogen-bond acceptors (Lipinski definition) is 3. The lowest BCUT2D eigenvalue weighted by Gasteiger charge is -2.29. The van der Waals surface area contributed by atoms with Crippen LogP contribution in [0, 0.1) is 5.92 Å². The van der Waals surface area contributed by atoms with Crippen LogP contribution in [-0.2, 0) is 6.54 Å². The van der Waals surface area contributed by atoms with E-state index >= 15 is 0 Å². The highest BCUT2D eigenvalue weighted by atomic mass is 35.5. The third-order valence-electron chi connectivity index (χ3n) is 6.75. The fourth-order valence-electron chi connectivity index (χ4n) is 4.82. The molecule has 0 unspecified atom stereocenters. The number of benzene rings is 3. The molecule has 1 aliphatic heterocycles. The molecular formula is C28H27ClN2O2S. The molecule has 6 heteroatoms. The summed E-state index contributed by atoms with van der Waals surface area (Å²) in [5.74, 6) is 0.313. The fraction of sp³-hybridized carbons (Fsp3) is 0.286. The Morgan fingerprint density at radius 2 is 1.85 bits per heavy atom. The molecule has 1 heterocycles. The second-order valence-corrected chi connectivity index (χ2v) is 10.7. The molecule has 34 heavy (non-hydrogen) atoms. The van der Waals surface area contributed by atoms with Gasteiger partial charge in [-0.2, -0.15) is 0 Å². The summed E-state index contributed by atoms with van der Waals surface area (Å²) >= 11 is 7.78. The van der Waals surface area contributed by atoms with E-state index in [1.165, 1.54) is 6.42 Å². The fourth-order valence-corrected chi connectivity index (χ4v) is 6.09. The molecule has 1 aliphatic carbocycles. The minimum absolute atomic E-state index is 0.0801. The SMILES string of the molecule is C[C@@H]1CCCC[C@H]1NC(=O)c1ccc2c(c1)N(Cc1cccc(Cl)c1)C(=O)c1ccccc1S2. The van der Waals surface area contributed by atoms with Gasteiger partial charge in [-0.25, -0.2) is 0 Å². The van der Waals surface area contributed by atoms with Gasteiger partial charge in [0.2, 0.25) is 0 Å². The first-order valence-electron chi connectivity index (χ1n) is 11.8. The van der Waals surface area contributed by atoms with Crippen molar-refractivity contribution in [1.29, 1.82) is 0 Å². The molecule has 3 aromatic carbocycles. The quantitative estimate of drug-likeness (QED) is 0.430. The number of anilines is 1. The summed E-state index contributed by atoms with van der Waals surface area (Å²) in [6.07, 6.45) is 4.54. The summed E-state index contributed by atoms with van der Waals surface area (Å²) in [6, 6.07) is 21.1. The van der Waals surface area contributed by atoms with Crippen LogP contribution in [0.2, 0.25) is 5.02 Å². The van der Waals surface area contributed by atoms with E-state index < -0.39 is 0 Å². The zero-order chi connectivity index (χ0) is 23.7. The summed E-state index contributed by atoms with van der Waals surface area (Å²) < 4.78 is 0. The van der Waals surface area contributed by atoms with Crippen LogP contribution >= 0.6 is 23.4 Å². The Bertz CT molecular complexity index is 1240. The third-order valence-corrected chi connectivity index (χ3v) is 8.13. The van der Waals surface area contributed by atoms with Gasteiger partial charge in [0.15, 0.2) is 0 Å². The molecule has 174 valence electrons. The molecule has 0 spiro atoms. The van der Waals surface area contributed by atoms with Gasteiger partial charge in [-0.15, -0.1) is 0 Å². The van der Waals surface area contributed by atoms with E-state index in [1.54, 1.807) is 16.7 Å². The predicted molar refractivity (Wildman–Crippen MR) is 138 cm³/mol. The van der Waals surface area contributed by atoms with Crippen molar-refractivity contribution in [1.82, 2.24) is 5.32 Å². The number of nitrogens with zero attached hydrogens (tertiary/aromatic N) is 1. The molecule has 0 bridgehead atoms. The van der Waals surface area contributed by atoms with Crippen LogP contribution in [0.25, 0.3) is 0 Å². The molecule has 1 N–H and O–H groups in total. The van der Waals surface area contributed by atoms with Crippen LogP contribution in [0.4, 0.5) is 5.69 Å². The summed E-state index contributed by atoms with van der Waals surface area (Å²) in [4.78, 5) is 30.5. The van der Waals surface area contributed by atoms with Crippen molar-refractivity contribution in [2.75, 3.05) is 4.90 Å². The Morgan fingerprint density at radius 3 is 2.68 bits per heavy atom. The average Bonchev–Trinajstić information content (AvgIpc) is 2.95. The molecule has 1 saturated carbocycles. The molecule has 1 fully saturated rings. The highest BCUT2D eigenvalue weighted by molar-refractivity contribution is 7.99. The Morgan fingerprint density at radius 1 is 1.03 bits per heavy atom. The van der Waals surface area contributed by atoms with Gasteiger partial charge in [-0.3, -0.25) is 9.59 Å². The van der Waals surface area contributed by atoms with E-state index in [-0.39, 0.29) is 17.9 Å². The van der Waals surface area contributed by atoms with Gasteiger partial charge in [0.25, 0.3) is 11.8 Å². The van der Waals surface area contributed by atoms with E-state index in [1.807, 2.05) is 66.7 Å². The minimum atomic E-state index is -0.0831. The van der Waals surface area contributed by atoms with Crippen LogP contribution in [-0.4, -0.2) is 17.9 Å². The molecule has 4 nitrogen and oxygen atoms in total. The first kappa shape index (κ1) is 23.0. The third kappa shape index (κ3) is 4.73. The van der Waals surface area contributed by atoms with Crippen molar-refractivity contribution in [3.63, 3.8) is 0 Å². The number of rotatable bonds is 4. The van der Waals surface area contributed by atoms with Crippen molar-refractivity contribution in [3.8, 4) is 0 Å². The van der Waals surface area contributed by atoms with Crippen LogP contribution in [0.1, 0.15) is 58.9 Å². The Balaban J connectivity index is 1.52. The van der Waals surface area contributed by atoms with Crippen molar-refractivity contribution in [3.05, 3.63) is 88.4 Å². The van der Waals surface area contributed by atoms with Crippen LogP contribution < -0.4 is 10.2 Å². The standard InChI is InChI=1S/C28H27ClN2O2S/c1-18-7-2-4-11-23(18)30-27(32)20-13-14-26-24(16-20)31(17-19-8-6-9-21(29)15-19)28(33)22-10-3-5-12-25(22)34-26/h3,5-6,8-10,12-16,18,23H,2,4,7,11,17H2,1H3,(H,30,32)/t18-,23-/m1/s1. The summed E-state index contributed by atoms with van der Waals surface area (Å²) in [6.45, 7) is 2.58. The maximum absolute atomic E-state index is 13.7. The van der Waals surface area contributed by atoms with E-state index in [4.69, 9.17) is 11.6 Å². The molecule has 0 saturated heterocycles. The van der Waals surface area contributed by atoms with E-state index in [2.05, 4.69) is 12.2 Å². The van der Waals surface area contributed by atoms with E-state index in [0.717, 1.165) is 40.3 Å². The van der Waals surface area contributed by atoms with Gasteiger partial charge in [0, 0.05) is 26.4 Å². The average molecular weight is 491 g/mol. The van der Waals surface area contributed by atoms with Gasteiger partial charge in [0.05, 0.1) is 17.8 Å². The largest absolute Gasteiger partial charge is 0.349 e. The van der Waals surface area contributed by atoms with Gasteiger partial charge >= 0.3 is 0 Å². The number of nitrogens with one attached hydrogen (secondary N) is 1. The van der Waals surface area contributed by atoms with E-state index in [9.17, 15) is 9.59 Å². The normalized spacial score (nSPS) is 19.7. The van der Waals surface area contributed by atoms with Gasteiger partial charge < -0.3 is 10.2 Å². The van der Waals surface area contributed by atoms with Crippen molar-refractivity contribution >= 4 is 40.9 Å². The van der Waals surface area contributed by atoms with Gasteiger partial charge in [-0.05, 0) is 66.8 Å². The number of halogens is 1. The topological polar surface area (TPSA) is 49.4 Å². The zero-order valence-corrected chi connectivity index (χ0v) is 20.7. The van der Waals surface area contributed by atoms with Gasteiger partial charge in [0.1, 0.15) is 0 Å². The molecule has 2 atom stereocenters. The highest BCUT2D eigenvalue weighted by Crippen LogP contribution is 2.42. The highest BCUT2D eigenvalue weighted by Gasteiger charge is 2.29. The second-order valence-electron chi connectivity index (χ2n) is 9.14. The van der Waals surface area contributed by atoms with Crippen molar-refractivity contribution < 1.29 is 9.59 Å². The molecule has 5 rings (SSSR count). The number of fused-ring (bicyclic) bond motifs is 2. The molecular weight excluding hydrogens is 464 g/mol. The maximum Gasteiger partial charge on any atom is 0.259 e. The monoisotopic (exact) mass is 490 g/mol. The lowest BCUT2D eigenvalue weighted by Crippen LogP contribution is -2.41. The Labute approximate surface area is 209 Å². The summed E-state index contributed by atoms with van der Waals surface area (Å²) in [7, 11) is 0. The molecule has 2 aliphatic rings. The Kier molecular flexibility index (Phi) is 6.66. The van der Waals surface area contributed by atoms with Crippen LogP contribution in [0.5, 0.6) is 0 Å². The number of carbonyl (C=O) groups is 2. The molecule has 3 aromatic rings. The second kappa shape index (κ2) is 9.85. The first-order chi connectivity index (χ1) is 16.5. The van der Waals surface area contributed by atoms with Gasteiger partial charge in [-0.1, -0.05) is 67.4 Å². The maximum atomic E-state index is 13.7. The van der Waals surface area contributed by atoms with E-state index in [0.29, 0.717) is 28.6 Å². The number of amides is 2. The smallest absolute Gasteiger partial charge is 0.259 e. The molecule has 0 aromatic heterocycles. The van der Waals surface area contributed by atoms with Crippen LogP contribution in [0.3, 0.4) is 0 Å². The van der Waals surface area contributed by atoms with Crippen LogP contribution in [0.15, 0.2) is 76.5 Å². The Hall–Kier alpha value is -2.76. The minimum Gasteiger partial charge on any atom is -0.349 e. The number of hydrogen-bond donors (Lipinski definition) is 1. The lowest BCUT2D eigenvalue weighted by molar-refractivity contribution is 0.0908. The first-order valence-corrected chi connectivity index (χ1v) is 13.0. The predicted octanol–water partition coefficient (Wildman–Crippen LogP) is 6.96. The van der Waals surface area contributed by atoms with Crippen molar-refractivity contribution in [2.45, 2.75) is 55.0 Å². The summed E-state index contributed by atoms with van der Waals surface area (Å²) in [5.41, 5.74) is 2.91. The number of carbonyl (C=O) groups excluding carboxylic acids is 2. The van der Waals surface area contributed by atoms with Crippen molar-refractivity contribution in [2.24, 2.45) is 5.92 Å². The molecule has 0 radical (unpaired) electrons. The lowest BCUT2D eigenvalue weighted by atomic mass is 9.86. The summed E-state index contributed by atoms with van der Waals surface area (Å²) in [5, 5.41) is 3.87.